The van der Waals surface area contributed by atoms with Crippen molar-refractivity contribution in [2.24, 2.45) is 0 Å². The Morgan fingerprint density at radius 1 is 0.290 bits per heavy atom. The van der Waals surface area contributed by atoms with Crippen molar-refractivity contribution in [1.29, 1.82) is 0 Å². The molecule has 0 aliphatic carbocycles. The second-order valence-corrected chi connectivity index (χ2v) is 20.6. The summed E-state index contributed by atoms with van der Waals surface area (Å²) in [5.74, 6) is -0.861. The zero-order valence-corrected chi connectivity index (χ0v) is 46.3. The standard InChI is InChI=1S/C63H116O6/c1-4-7-10-13-16-19-22-25-28-30-31-33-35-38-41-44-47-50-53-56-62(65)68-59-60(58-67-61(64)55-52-49-46-43-40-37-34-27-24-21-18-15-12-9-6-3)69-63(66)57-54-51-48-45-42-39-36-32-29-26-23-20-17-14-11-8-5-2/h17,20,25-26,28-29,60H,4-16,18-19,21-24,27,30-59H2,1-3H3/b20-17-,28-25-,29-26-/t60-/m0/s1. The smallest absolute Gasteiger partial charge is 0.306 e. The Kier molecular flexibility index (Phi) is 56.2. The highest BCUT2D eigenvalue weighted by Gasteiger charge is 2.19. The van der Waals surface area contributed by atoms with E-state index in [4.69, 9.17) is 14.2 Å². The number of hydrogen-bond donors (Lipinski definition) is 0. The van der Waals surface area contributed by atoms with Crippen LogP contribution in [-0.2, 0) is 28.6 Å². The van der Waals surface area contributed by atoms with Gasteiger partial charge in [-0.25, -0.2) is 0 Å². The van der Waals surface area contributed by atoms with Crippen LogP contribution in [0.4, 0.5) is 0 Å². The maximum absolute atomic E-state index is 12.9. The van der Waals surface area contributed by atoms with Crippen molar-refractivity contribution in [1.82, 2.24) is 0 Å². The summed E-state index contributed by atoms with van der Waals surface area (Å²) in [6.07, 6.45) is 69.9. The van der Waals surface area contributed by atoms with Crippen molar-refractivity contribution in [3.05, 3.63) is 36.5 Å². The Bertz CT molecular complexity index is 1160. The summed E-state index contributed by atoms with van der Waals surface area (Å²) < 4.78 is 16.9. The van der Waals surface area contributed by atoms with Gasteiger partial charge in [-0.2, -0.15) is 0 Å². The number of carbonyl (C=O) groups is 3. The van der Waals surface area contributed by atoms with E-state index >= 15 is 0 Å². The highest BCUT2D eigenvalue weighted by atomic mass is 16.6. The molecule has 0 radical (unpaired) electrons. The third-order valence-corrected chi connectivity index (χ3v) is 13.6. The summed E-state index contributed by atoms with van der Waals surface area (Å²) in [5, 5.41) is 0. The number of rotatable bonds is 56. The Labute approximate surface area is 429 Å². The maximum Gasteiger partial charge on any atom is 0.306 e. The molecule has 0 aromatic heterocycles. The van der Waals surface area contributed by atoms with E-state index in [0.29, 0.717) is 19.3 Å². The second-order valence-electron chi connectivity index (χ2n) is 20.6. The number of esters is 3. The fourth-order valence-corrected chi connectivity index (χ4v) is 9.00. The highest BCUT2D eigenvalue weighted by molar-refractivity contribution is 5.71. The van der Waals surface area contributed by atoms with Gasteiger partial charge in [-0.3, -0.25) is 14.4 Å². The second kappa shape index (κ2) is 58.2. The van der Waals surface area contributed by atoms with Crippen LogP contribution < -0.4 is 0 Å². The first-order valence-electron chi connectivity index (χ1n) is 30.5. The van der Waals surface area contributed by atoms with Gasteiger partial charge >= 0.3 is 17.9 Å². The molecule has 69 heavy (non-hydrogen) atoms. The molecule has 0 fully saturated rings. The molecular formula is C63H116O6. The molecule has 0 rings (SSSR count). The monoisotopic (exact) mass is 969 g/mol. The van der Waals surface area contributed by atoms with E-state index in [-0.39, 0.29) is 31.1 Å². The average Bonchev–Trinajstić information content (AvgIpc) is 3.35. The largest absolute Gasteiger partial charge is 0.462 e. The van der Waals surface area contributed by atoms with E-state index in [2.05, 4.69) is 57.2 Å². The van der Waals surface area contributed by atoms with E-state index in [0.717, 1.165) is 70.6 Å². The fraction of sp³-hybridized carbons (Fsp3) is 0.857. The van der Waals surface area contributed by atoms with Crippen LogP contribution >= 0.6 is 0 Å². The van der Waals surface area contributed by atoms with Gasteiger partial charge in [-0.15, -0.1) is 0 Å². The molecule has 0 bridgehead atoms. The number of carbonyl (C=O) groups excluding carboxylic acids is 3. The van der Waals surface area contributed by atoms with Crippen LogP contribution in [0.3, 0.4) is 0 Å². The molecule has 6 heteroatoms. The quantitative estimate of drug-likeness (QED) is 0.0261. The van der Waals surface area contributed by atoms with Crippen molar-refractivity contribution < 1.29 is 28.6 Å². The first-order chi connectivity index (χ1) is 34.0. The molecule has 0 saturated carbocycles. The zero-order valence-electron chi connectivity index (χ0n) is 46.3. The van der Waals surface area contributed by atoms with Gasteiger partial charge in [0.2, 0.25) is 0 Å². The third kappa shape index (κ3) is 56.4. The molecule has 0 amide bonds. The molecule has 0 saturated heterocycles. The highest BCUT2D eigenvalue weighted by Crippen LogP contribution is 2.17. The SMILES string of the molecule is CCCCC/C=C\C/C=C\CCCCCCCCCC(=O)O[C@H](COC(=O)CCCCCCCCCCC/C=C\CCCCCCCC)COC(=O)CCCCCCCCCCCCCCCCC. The third-order valence-electron chi connectivity index (χ3n) is 13.6. The fourth-order valence-electron chi connectivity index (χ4n) is 9.00. The van der Waals surface area contributed by atoms with Gasteiger partial charge in [-0.05, 0) is 77.0 Å². The van der Waals surface area contributed by atoms with Crippen LogP contribution in [0.25, 0.3) is 0 Å². The van der Waals surface area contributed by atoms with Crippen molar-refractivity contribution in [2.75, 3.05) is 13.2 Å². The lowest BCUT2D eigenvalue weighted by Crippen LogP contribution is -2.30. The number of allylic oxidation sites excluding steroid dienone is 6. The Morgan fingerprint density at radius 3 is 0.841 bits per heavy atom. The first kappa shape index (κ1) is 66.6. The van der Waals surface area contributed by atoms with Gasteiger partial charge in [0.05, 0.1) is 0 Å². The van der Waals surface area contributed by atoms with Crippen LogP contribution in [0.1, 0.15) is 329 Å². The van der Waals surface area contributed by atoms with Gasteiger partial charge in [0.25, 0.3) is 0 Å². The van der Waals surface area contributed by atoms with Crippen LogP contribution in [0.2, 0.25) is 0 Å². The summed E-state index contributed by atoms with van der Waals surface area (Å²) in [4.78, 5) is 38.2. The molecule has 1 atom stereocenters. The first-order valence-corrected chi connectivity index (χ1v) is 30.5. The van der Waals surface area contributed by atoms with E-state index in [1.54, 1.807) is 0 Å². The Morgan fingerprint density at radius 2 is 0.522 bits per heavy atom. The predicted octanol–water partition coefficient (Wildman–Crippen LogP) is 20.4. The Hall–Kier alpha value is -2.37. The van der Waals surface area contributed by atoms with Crippen LogP contribution in [-0.4, -0.2) is 37.2 Å². The summed E-state index contributed by atoms with van der Waals surface area (Å²) in [5.41, 5.74) is 0. The summed E-state index contributed by atoms with van der Waals surface area (Å²) in [6.45, 7) is 6.65. The van der Waals surface area contributed by atoms with Crippen LogP contribution in [0, 0.1) is 0 Å². The predicted molar refractivity (Wildman–Crippen MR) is 298 cm³/mol. The van der Waals surface area contributed by atoms with Gasteiger partial charge in [0, 0.05) is 19.3 Å². The molecule has 0 aromatic carbocycles. The van der Waals surface area contributed by atoms with Crippen molar-refractivity contribution in [3.63, 3.8) is 0 Å². The molecule has 6 nitrogen and oxygen atoms in total. The number of hydrogen-bond acceptors (Lipinski definition) is 6. The molecular weight excluding hydrogens is 853 g/mol. The molecule has 0 heterocycles. The van der Waals surface area contributed by atoms with Crippen molar-refractivity contribution >= 4 is 17.9 Å². The van der Waals surface area contributed by atoms with Gasteiger partial charge in [0.1, 0.15) is 13.2 Å². The number of unbranched alkanes of at least 4 members (excludes halogenated alkanes) is 39. The normalized spacial score (nSPS) is 12.2. The minimum Gasteiger partial charge on any atom is -0.462 e. The molecule has 0 aliphatic rings. The zero-order chi connectivity index (χ0) is 50.0. The van der Waals surface area contributed by atoms with Crippen LogP contribution in [0.15, 0.2) is 36.5 Å². The van der Waals surface area contributed by atoms with Crippen molar-refractivity contribution in [3.8, 4) is 0 Å². The van der Waals surface area contributed by atoms with Gasteiger partial charge in [-0.1, -0.05) is 269 Å². The minimum atomic E-state index is -0.775. The van der Waals surface area contributed by atoms with E-state index in [1.807, 2.05) is 0 Å². The summed E-state index contributed by atoms with van der Waals surface area (Å²) in [6, 6.07) is 0. The molecule has 0 aromatic rings. The van der Waals surface area contributed by atoms with E-state index in [9.17, 15) is 14.4 Å². The van der Waals surface area contributed by atoms with Crippen molar-refractivity contribution in [2.45, 2.75) is 335 Å². The van der Waals surface area contributed by atoms with Gasteiger partial charge < -0.3 is 14.2 Å². The molecule has 0 unspecified atom stereocenters. The minimum absolute atomic E-state index is 0.0719. The molecule has 0 spiro atoms. The van der Waals surface area contributed by atoms with Crippen LogP contribution in [0.5, 0.6) is 0 Å². The molecule has 0 N–H and O–H groups in total. The topological polar surface area (TPSA) is 78.9 Å². The summed E-state index contributed by atoms with van der Waals surface area (Å²) >= 11 is 0. The average molecular weight is 970 g/mol. The lowest BCUT2D eigenvalue weighted by atomic mass is 10.0. The lowest BCUT2D eigenvalue weighted by molar-refractivity contribution is -0.167. The van der Waals surface area contributed by atoms with E-state index < -0.39 is 6.10 Å². The maximum atomic E-state index is 12.9. The molecule has 0 aliphatic heterocycles. The van der Waals surface area contributed by atoms with E-state index in [1.165, 1.54) is 218 Å². The van der Waals surface area contributed by atoms with Gasteiger partial charge in [0.15, 0.2) is 6.10 Å². The summed E-state index contributed by atoms with van der Waals surface area (Å²) in [7, 11) is 0. The lowest BCUT2D eigenvalue weighted by Gasteiger charge is -2.18. The molecule has 404 valence electrons. The number of ether oxygens (including phenoxy) is 3. The Balaban J connectivity index is 4.34.